The summed E-state index contributed by atoms with van der Waals surface area (Å²) in [5.41, 5.74) is 0.392. The lowest BCUT2D eigenvalue weighted by Gasteiger charge is -2.05. The van der Waals surface area contributed by atoms with E-state index in [1.165, 1.54) is 30.5 Å². The summed E-state index contributed by atoms with van der Waals surface area (Å²) in [5, 5.41) is 10.5. The summed E-state index contributed by atoms with van der Waals surface area (Å²) in [4.78, 5) is 25.5. The van der Waals surface area contributed by atoms with E-state index >= 15 is 0 Å². The molecular formula is C14H12N2O4. The Morgan fingerprint density at radius 3 is 2.35 bits per heavy atom. The van der Waals surface area contributed by atoms with E-state index in [9.17, 15) is 14.9 Å². The Labute approximate surface area is 115 Å². The van der Waals surface area contributed by atoms with Gasteiger partial charge in [-0.2, -0.15) is 0 Å². The zero-order chi connectivity index (χ0) is 14.5. The van der Waals surface area contributed by atoms with Gasteiger partial charge in [0.2, 0.25) is 0 Å². The number of carbonyl (C=O) groups excluding carboxylic acids is 1. The molecule has 0 aliphatic heterocycles. The number of pyridine rings is 1. The van der Waals surface area contributed by atoms with Crippen LogP contribution in [0.3, 0.4) is 0 Å². The molecule has 0 radical (unpaired) electrons. The fourth-order valence-electron chi connectivity index (χ4n) is 1.56. The summed E-state index contributed by atoms with van der Waals surface area (Å²) in [6.07, 6.45) is 1.85. The first-order valence-electron chi connectivity index (χ1n) is 6.01. The van der Waals surface area contributed by atoms with Gasteiger partial charge in [0.15, 0.2) is 5.78 Å². The van der Waals surface area contributed by atoms with Crippen LogP contribution in [0.2, 0.25) is 0 Å². The Hall–Kier alpha value is -2.76. The van der Waals surface area contributed by atoms with Gasteiger partial charge < -0.3 is 4.74 Å². The maximum absolute atomic E-state index is 11.4. The Morgan fingerprint density at radius 2 is 1.85 bits per heavy atom. The number of hydrogen-bond donors (Lipinski definition) is 0. The number of non-ortho nitro benzene ring substituents is 1. The second kappa shape index (κ2) is 5.92. The molecule has 0 N–H and O–H groups in total. The maximum atomic E-state index is 11.4. The fourth-order valence-corrected chi connectivity index (χ4v) is 1.56. The van der Waals surface area contributed by atoms with Gasteiger partial charge in [0, 0.05) is 18.6 Å². The van der Waals surface area contributed by atoms with Crippen LogP contribution in [-0.2, 0) is 0 Å². The third-order valence-corrected chi connectivity index (χ3v) is 2.63. The van der Waals surface area contributed by atoms with E-state index in [4.69, 9.17) is 4.74 Å². The number of Topliss-reactive ketones (excluding diaryl/α,β-unsaturated/α-hetero) is 1. The second-order valence-corrected chi connectivity index (χ2v) is 4.01. The molecule has 6 heteroatoms. The van der Waals surface area contributed by atoms with Gasteiger partial charge in [-0.3, -0.25) is 14.9 Å². The molecule has 0 unspecified atom stereocenters. The van der Waals surface area contributed by atoms with Gasteiger partial charge in [-0.15, -0.1) is 0 Å². The van der Waals surface area contributed by atoms with Crippen molar-refractivity contribution in [1.29, 1.82) is 0 Å². The van der Waals surface area contributed by atoms with Crippen molar-refractivity contribution in [2.75, 3.05) is 0 Å². The fraction of sp³-hybridized carbons (Fsp3) is 0.143. The molecular weight excluding hydrogens is 260 g/mol. The zero-order valence-electron chi connectivity index (χ0n) is 10.8. The van der Waals surface area contributed by atoms with Crippen LogP contribution in [0.4, 0.5) is 5.69 Å². The van der Waals surface area contributed by atoms with Gasteiger partial charge >= 0.3 is 0 Å². The maximum Gasteiger partial charge on any atom is 0.269 e. The molecule has 102 valence electrons. The number of hydrogen-bond acceptors (Lipinski definition) is 5. The highest BCUT2D eigenvalue weighted by Crippen LogP contribution is 2.23. The Kier molecular flexibility index (Phi) is 4.05. The lowest BCUT2D eigenvalue weighted by Crippen LogP contribution is -1.99. The van der Waals surface area contributed by atoms with Crippen molar-refractivity contribution in [3.63, 3.8) is 0 Å². The van der Waals surface area contributed by atoms with Crippen molar-refractivity contribution in [3.8, 4) is 11.5 Å². The highest BCUT2D eigenvalue weighted by Gasteiger charge is 2.07. The van der Waals surface area contributed by atoms with Gasteiger partial charge in [0.1, 0.15) is 17.2 Å². The zero-order valence-corrected chi connectivity index (χ0v) is 10.8. The van der Waals surface area contributed by atoms with Crippen LogP contribution in [0.1, 0.15) is 23.8 Å². The van der Waals surface area contributed by atoms with Crippen molar-refractivity contribution in [2.45, 2.75) is 13.3 Å². The van der Waals surface area contributed by atoms with E-state index in [0.717, 1.165) is 0 Å². The monoisotopic (exact) mass is 272 g/mol. The minimum atomic E-state index is -0.476. The third kappa shape index (κ3) is 3.17. The molecule has 0 amide bonds. The van der Waals surface area contributed by atoms with Crippen LogP contribution in [0.5, 0.6) is 11.5 Å². The lowest BCUT2D eigenvalue weighted by molar-refractivity contribution is -0.384. The van der Waals surface area contributed by atoms with Crippen molar-refractivity contribution >= 4 is 11.5 Å². The number of aromatic nitrogens is 1. The van der Waals surface area contributed by atoms with Gasteiger partial charge in [-0.05, 0) is 24.3 Å². The molecule has 6 nitrogen and oxygen atoms in total. The first-order chi connectivity index (χ1) is 9.60. The van der Waals surface area contributed by atoms with Gasteiger partial charge in [0.05, 0.1) is 11.1 Å². The van der Waals surface area contributed by atoms with Crippen molar-refractivity contribution in [3.05, 3.63) is 58.4 Å². The largest absolute Gasteiger partial charge is 0.456 e. The average molecular weight is 272 g/mol. The van der Waals surface area contributed by atoms with Crippen molar-refractivity contribution in [2.24, 2.45) is 0 Å². The van der Waals surface area contributed by atoms with E-state index in [-0.39, 0.29) is 11.5 Å². The molecule has 2 rings (SSSR count). The van der Waals surface area contributed by atoms with Crippen molar-refractivity contribution in [1.82, 2.24) is 4.98 Å². The topological polar surface area (TPSA) is 82.3 Å². The lowest BCUT2D eigenvalue weighted by atomic mass is 10.2. The highest BCUT2D eigenvalue weighted by molar-refractivity contribution is 5.93. The smallest absolute Gasteiger partial charge is 0.269 e. The van der Waals surface area contributed by atoms with Crippen LogP contribution >= 0.6 is 0 Å². The molecule has 0 aliphatic carbocycles. The van der Waals surface area contributed by atoms with Crippen LogP contribution in [0, 0.1) is 10.1 Å². The number of nitrogens with zero attached hydrogens (tertiary/aromatic N) is 2. The Balaban J connectivity index is 2.10. The summed E-state index contributed by atoms with van der Waals surface area (Å²) in [5.74, 6) is 0.894. The number of rotatable bonds is 5. The number of nitro groups is 1. The molecule has 0 atom stereocenters. The molecule has 0 fully saturated rings. The van der Waals surface area contributed by atoms with Crippen LogP contribution in [0.25, 0.3) is 0 Å². The molecule has 0 saturated carbocycles. The number of carbonyl (C=O) groups is 1. The first-order valence-corrected chi connectivity index (χ1v) is 6.01. The Bertz CT molecular complexity index is 621. The van der Waals surface area contributed by atoms with Crippen LogP contribution in [0.15, 0.2) is 42.6 Å². The van der Waals surface area contributed by atoms with Gasteiger partial charge in [-0.25, -0.2) is 4.98 Å². The number of nitro benzene ring substituents is 1. The average Bonchev–Trinajstić information content (AvgIpc) is 2.48. The molecule has 0 bridgehead atoms. The molecule has 0 saturated heterocycles. The normalized spacial score (nSPS) is 10.1. The van der Waals surface area contributed by atoms with Crippen LogP contribution < -0.4 is 4.74 Å². The Morgan fingerprint density at radius 1 is 1.20 bits per heavy atom. The number of ketones is 1. The summed E-state index contributed by atoms with van der Waals surface area (Å²) in [7, 11) is 0. The van der Waals surface area contributed by atoms with Crippen LogP contribution in [-0.4, -0.2) is 15.7 Å². The molecule has 0 aliphatic rings. The standard InChI is InChI=1S/C14H12N2O4/c1-2-14(17)13-8-7-12(9-15-13)20-11-5-3-10(4-6-11)16(18)19/h3-9H,2H2,1H3. The third-order valence-electron chi connectivity index (χ3n) is 2.63. The summed E-state index contributed by atoms with van der Waals surface area (Å²) in [6.45, 7) is 1.77. The SMILES string of the molecule is CCC(=O)c1ccc(Oc2ccc([N+](=O)[O-])cc2)cn1. The predicted molar refractivity (Wildman–Crippen MR) is 72.0 cm³/mol. The number of benzene rings is 1. The highest BCUT2D eigenvalue weighted by atomic mass is 16.6. The first kappa shape index (κ1) is 13.7. The predicted octanol–water partition coefficient (Wildman–Crippen LogP) is 3.37. The quantitative estimate of drug-likeness (QED) is 0.473. The number of ether oxygens (including phenoxy) is 1. The van der Waals surface area contributed by atoms with E-state index in [2.05, 4.69) is 4.98 Å². The van der Waals surface area contributed by atoms with Crippen molar-refractivity contribution < 1.29 is 14.5 Å². The van der Waals surface area contributed by atoms with Gasteiger partial charge in [0.25, 0.3) is 5.69 Å². The summed E-state index contributed by atoms with van der Waals surface area (Å²) < 4.78 is 5.49. The minimum absolute atomic E-state index is 0.000588. The minimum Gasteiger partial charge on any atom is -0.456 e. The van der Waals surface area contributed by atoms with E-state index in [0.29, 0.717) is 23.6 Å². The molecule has 2 aromatic rings. The van der Waals surface area contributed by atoms with Gasteiger partial charge in [-0.1, -0.05) is 6.92 Å². The second-order valence-electron chi connectivity index (χ2n) is 4.01. The van der Waals surface area contributed by atoms with E-state index < -0.39 is 4.92 Å². The van der Waals surface area contributed by atoms with E-state index in [1.54, 1.807) is 19.1 Å². The summed E-state index contributed by atoms with van der Waals surface area (Å²) in [6, 6.07) is 8.95. The molecule has 0 spiro atoms. The van der Waals surface area contributed by atoms with E-state index in [1.807, 2.05) is 0 Å². The molecule has 1 aromatic carbocycles. The summed E-state index contributed by atoms with van der Waals surface area (Å²) >= 11 is 0. The molecule has 1 aromatic heterocycles. The molecule has 1 heterocycles. The molecule has 20 heavy (non-hydrogen) atoms.